The third-order valence-corrected chi connectivity index (χ3v) is 2.43. The largest absolute Gasteiger partial charge is 0.471 e. The molecule has 0 bridgehead atoms. The van der Waals surface area contributed by atoms with Crippen LogP contribution in [-0.4, -0.2) is 40.2 Å². The van der Waals surface area contributed by atoms with Crippen LogP contribution in [0.1, 0.15) is 17.6 Å². The molecule has 1 saturated heterocycles. The lowest BCUT2D eigenvalue weighted by Crippen LogP contribution is -2.53. The number of nitrogens with zero attached hydrogens (tertiary/aromatic N) is 3. The Bertz CT molecular complexity index is 425. The van der Waals surface area contributed by atoms with E-state index in [1.807, 2.05) is 0 Å². The van der Waals surface area contributed by atoms with Crippen molar-refractivity contribution in [2.24, 2.45) is 5.73 Å². The summed E-state index contributed by atoms with van der Waals surface area (Å²) in [5.41, 5.74) is 5.26. The van der Waals surface area contributed by atoms with Crippen LogP contribution in [0.5, 0.6) is 0 Å². The van der Waals surface area contributed by atoms with Crippen molar-refractivity contribution in [3.05, 3.63) is 11.7 Å². The van der Waals surface area contributed by atoms with Crippen LogP contribution >= 0.6 is 0 Å². The monoisotopic (exact) mass is 250 g/mol. The average Bonchev–Trinajstić information content (AvgIpc) is 2.62. The molecule has 1 aliphatic rings. The molecule has 0 radical (unpaired) electrons. The van der Waals surface area contributed by atoms with E-state index in [2.05, 4.69) is 10.1 Å². The van der Waals surface area contributed by atoms with Gasteiger partial charge in [0.05, 0.1) is 12.5 Å². The van der Waals surface area contributed by atoms with Crippen LogP contribution in [0.4, 0.5) is 13.2 Å². The molecule has 2 heterocycles. The minimum atomic E-state index is -4.83. The quantitative estimate of drug-likeness (QED) is 0.799. The van der Waals surface area contributed by atoms with Crippen molar-refractivity contribution in [2.45, 2.75) is 18.6 Å². The van der Waals surface area contributed by atoms with Gasteiger partial charge in [0, 0.05) is 13.1 Å². The molecule has 1 aromatic heterocycles. The molecular weight excluding hydrogens is 241 g/mol. The van der Waals surface area contributed by atoms with E-state index in [1.54, 1.807) is 0 Å². The fraction of sp³-hybridized carbons (Fsp3) is 0.625. The molecule has 1 amide bonds. The Morgan fingerprint density at radius 3 is 2.65 bits per heavy atom. The molecule has 0 spiro atoms. The Kier molecular flexibility index (Phi) is 2.77. The highest BCUT2D eigenvalue weighted by Crippen LogP contribution is 2.29. The SMILES string of the molecule is NCc1noc(C2CN(C(=O)C(F)(F)F)C2)n1. The van der Waals surface area contributed by atoms with Gasteiger partial charge in [-0.15, -0.1) is 0 Å². The summed E-state index contributed by atoms with van der Waals surface area (Å²) < 4.78 is 41.0. The number of alkyl halides is 3. The van der Waals surface area contributed by atoms with Gasteiger partial charge in [0.25, 0.3) is 0 Å². The molecule has 0 aliphatic carbocycles. The Morgan fingerprint density at radius 1 is 1.53 bits per heavy atom. The van der Waals surface area contributed by atoms with Gasteiger partial charge in [-0.2, -0.15) is 18.2 Å². The lowest BCUT2D eigenvalue weighted by molar-refractivity contribution is -0.190. The maximum atomic E-state index is 12.0. The molecule has 9 heteroatoms. The summed E-state index contributed by atoms with van der Waals surface area (Å²) in [4.78, 5) is 15.4. The number of halogens is 3. The highest BCUT2D eigenvalue weighted by molar-refractivity contribution is 5.82. The Hall–Kier alpha value is -1.64. The van der Waals surface area contributed by atoms with E-state index in [-0.39, 0.29) is 31.4 Å². The molecule has 17 heavy (non-hydrogen) atoms. The first-order valence-electron chi connectivity index (χ1n) is 4.80. The Labute approximate surface area is 93.6 Å². The van der Waals surface area contributed by atoms with Crippen molar-refractivity contribution in [3.63, 3.8) is 0 Å². The van der Waals surface area contributed by atoms with Crippen LogP contribution in [-0.2, 0) is 11.3 Å². The van der Waals surface area contributed by atoms with Gasteiger partial charge in [-0.3, -0.25) is 4.79 Å². The second-order valence-corrected chi connectivity index (χ2v) is 3.66. The molecule has 2 rings (SSSR count). The first-order valence-corrected chi connectivity index (χ1v) is 4.80. The zero-order valence-corrected chi connectivity index (χ0v) is 8.57. The van der Waals surface area contributed by atoms with Crippen LogP contribution in [0, 0.1) is 0 Å². The van der Waals surface area contributed by atoms with E-state index >= 15 is 0 Å². The van der Waals surface area contributed by atoms with Crippen molar-refractivity contribution < 1.29 is 22.5 Å². The molecule has 1 fully saturated rings. The molecule has 94 valence electrons. The smallest absolute Gasteiger partial charge is 0.339 e. The first kappa shape index (κ1) is 11.8. The fourth-order valence-corrected chi connectivity index (χ4v) is 1.50. The predicted octanol–water partition coefficient (Wildman–Crippen LogP) is 0.0164. The van der Waals surface area contributed by atoms with Crippen molar-refractivity contribution >= 4 is 5.91 Å². The van der Waals surface area contributed by atoms with Crippen LogP contribution in [0.3, 0.4) is 0 Å². The highest BCUT2D eigenvalue weighted by atomic mass is 19.4. The van der Waals surface area contributed by atoms with E-state index < -0.39 is 12.1 Å². The van der Waals surface area contributed by atoms with Gasteiger partial charge in [0.2, 0.25) is 5.89 Å². The van der Waals surface area contributed by atoms with Crippen LogP contribution in [0.25, 0.3) is 0 Å². The first-order chi connectivity index (χ1) is 7.91. The Morgan fingerprint density at radius 2 is 2.18 bits per heavy atom. The normalized spacial score (nSPS) is 17.1. The summed E-state index contributed by atoms with van der Waals surface area (Å²) in [5, 5.41) is 3.52. The van der Waals surface area contributed by atoms with Gasteiger partial charge in [-0.1, -0.05) is 5.16 Å². The Balaban J connectivity index is 1.93. The van der Waals surface area contributed by atoms with Gasteiger partial charge in [0.1, 0.15) is 0 Å². The molecule has 1 aromatic rings. The molecular formula is C8H9F3N4O2. The average molecular weight is 250 g/mol. The highest BCUT2D eigenvalue weighted by Gasteiger charge is 2.47. The van der Waals surface area contributed by atoms with Crippen molar-refractivity contribution in [1.82, 2.24) is 15.0 Å². The molecule has 2 N–H and O–H groups in total. The maximum Gasteiger partial charge on any atom is 0.471 e. The van der Waals surface area contributed by atoms with Gasteiger partial charge >= 0.3 is 12.1 Å². The summed E-state index contributed by atoms with van der Waals surface area (Å²) in [7, 11) is 0. The molecule has 6 nitrogen and oxygen atoms in total. The molecule has 0 saturated carbocycles. The van der Waals surface area contributed by atoms with Crippen molar-refractivity contribution in [1.29, 1.82) is 0 Å². The second-order valence-electron chi connectivity index (χ2n) is 3.66. The summed E-state index contributed by atoms with van der Waals surface area (Å²) in [6, 6.07) is 0. The number of carbonyl (C=O) groups is 1. The van der Waals surface area contributed by atoms with Crippen LogP contribution < -0.4 is 5.73 Å². The lowest BCUT2D eigenvalue weighted by Gasteiger charge is -2.37. The minimum Gasteiger partial charge on any atom is -0.339 e. The number of hydrogen-bond acceptors (Lipinski definition) is 5. The number of aromatic nitrogens is 2. The predicted molar refractivity (Wildman–Crippen MR) is 47.6 cm³/mol. The number of rotatable bonds is 2. The van der Waals surface area contributed by atoms with E-state index in [1.165, 1.54) is 0 Å². The van der Waals surface area contributed by atoms with Gasteiger partial charge in [-0.25, -0.2) is 0 Å². The van der Waals surface area contributed by atoms with E-state index in [0.29, 0.717) is 10.7 Å². The third-order valence-electron chi connectivity index (χ3n) is 2.43. The van der Waals surface area contributed by atoms with Crippen molar-refractivity contribution in [3.8, 4) is 0 Å². The number of hydrogen-bond donors (Lipinski definition) is 1. The topological polar surface area (TPSA) is 85.2 Å². The van der Waals surface area contributed by atoms with Crippen molar-refractivity contribution in [2.75, 3.05) is 13.1 Å². The number of carbonyl (C=O) groups excluding carboxylic acids is 1. The summed E-state index contributed by atoms with van der Waals surface area (Å²) in [6.07, 6.45) is -4.83. The number of likely N-dealkylation sites (tertiary alicyclic amines) is 1. The molecule has 0 unspecified atom stereocenters. The standard InChI is InChI=1S/C8H9F3N4O2/c9-8(10,11)7(16)15-2-4(3-15)6-13-5(1-12)14-17-6/h4H,1-3,12H2. The minimum absolute atomic E-state index is 0.0649. The molecule has 1 aliphatic heterocycles. The molecule has 0 atom stereocenters. The van der Waals surface area contributed by atoms with E-state index in [4.69, 9.17) is 10.3 Å². The number of amides is 1. The third kappa shape index (κ3) is 2.23. The van der Waals surface area contributed by atoms with Crippen LogP contribution in [0.15, 0.2) is 4.52 Å². The fourth-order valence-electron chi connectivity index (χ4n) is 1.50. The van der Waals surface area contributed by atoms with E-state index in [9.17, 15) is 18.0 Å². The zero-order valence-electron chi connectivity index (χ0n) is 8.57. The summed E-state index contributed by atoms with van der Waals surface area (Å²) in [6.45, 7) is -0.0312. The summed E-state index contributed by atoms with van der Waals surface area (Å²) in [5.74, 6) is -1.67. The second kappa shape index (κ2) is 3.99. The van der Waals surface area contributed by atoms with E-state index in [0.717, 1.165) is 0 Å². The van der Waals surface area contributed by atoms with Gasteiger partial charge in [-0.05, 0) is 0 Å². The molecule has 0 aromatic carbocycles. The van der Waals surface area contributed by atoms with Crippen LogP contribution in [0.2, 0.25) is 0 Å². The summed E-state index contributed by atoms with van der Waals surface area (Å²) >= 11 is 0. The maximum absolute atomic E-state index is 12.0. The zero-order chi connectivity index (χ0) is 12.6. The van der Waals surface area contributed by atoms with Gasteiger partial charge < -0.3 is 15.2 Å². The number of nitrogens with two attached hydrogens (primary N) is 1. The lowest BCUT2D eigenvalue weighted by atomic mass is 10.00. The van der Waals surface area contributed by atoms with Gasteiger partial charge in [0.15, 0.2) is 5.82 Å².